The number of aliphatic carboxylic acids is 1. The topological polar surface area (TPSA) is 92.9 Å². The molecule has 0 aromatic rings. The van der Waals surface area contributed by atoms with Crippen molar-refractivity contribution in [2.75, 3.05) is 13.1 Å². The molecular formula is C15H26N2O4. The van der Waals surface area contributed by atoms with Crippen molar-refractivity contribution in [1.82, 2.24) is 4.90 Å². The highest BCUT2D eigenvalue weighted by atomic mass is 16.6. The van der Waals surface area contributed by atoms with Crippen LogP contribution in [0.1, 0.15) is 52.9 Å². The van der Waals surface area contributed by atoms with E-state index in [2.05, 4.69) is 0 Å². The van der Waals surface area contributed by atoms with Crippen LogP contribution in [0.5, 0.6) is 0 Å². The lowest BCUT2D eigenvalue weighted by Crippen LogP contribution is -2.62. The van der Waals surface area contributed by atoms with Gasteiger partial charge in [0, 0.05) is 24.0 Å². The third-order valence-corrected chi connectivity index (χ3v) is 4.51. The first-order valence-corrected chi connectivity index (χ1v) is 7.51. The summed E-state index contributed by atoms with van der Waals surface area (Å²) in [6.45, 7) is 6.97. The average Bonchev–Trinajstić information content (AvgIpc) is 2.23. The molecule has 0 aromatic carbocycles. The van der Waals surface area contributed by atoms with E-state index in [1.165, 1.54) is 0 Å². The highest BCUT2D eigenvalue weighted by Gasteiger charge is 2.50. The lowest BCUT2D eigenvalue weighted by molar-refractivity contribution is -0.139. The summed E-state index contributed by atoms with van der Waals surface area (Å²) >= 11 is 0. The zero-order valence-corrected chi connectivity index (χ0v) is 13.1. The molecule has 2 fully saturated rings. The third kappa shape index (κ3) is 3.87. The van der Waals surface area contributed by atoms with Crippen LogP contribution in [-0.4, -0.2) is 46.3 Å². The van der Waals surface area contributed by atoms with Crippen molar-refractivity contribution in [2.45, 2.75) is 64.0 Å². The number of nitrogens with zero attached hydrogens (tertiary/aromatic N) is 1. The molecule has 120 valence electrons. The maximum absolute atomic E-state index is 11.9. The first kappa shape index (κ1) is 16.1. The summed E-state index contributed by atoms with van der Waals surface area (Å²) < 4.78 is 5.35. The Bertz CT molecular complexity index is 425. The van der Waals surface area contributed by atoms with Gasteiger partial charge >= 0.3 is 12.1 Å². The molecule has 2 rings (SSSR count). The van der Waals surface area contributed by atoms with Crippen LogP contribution in [-0.2, 0) is 9.53 Å². The number of ether oxygens (including phenoxy) is 1. The second-order valence-corrected chi connectivity index (χ2v) is 7.77. The van der Waals surface area contributed by atoms with Gasteiger partial charge in [-0.1, -0.05) is 0 Å². The van der Waals surface area contributed by atoms with Crippen LogP contribution < -0.4 is 5.73 Å². The summed E-state index contributed by atoms with van der Waals surface area (Å²) in [7, 11) is 0. The molecule has 0 radical (unpaired) electrons. The summed E-state index contributed by atoms with van der Waals surface area (Å²) in [5.74, 6) is -0.836. The monoisotopic (exact) mass is 298 g/mol. The molecule has 0 atom stereocenters. The van der Waals surface area contributed by atoms with E-state index in [9.17, 15) is 9.59 Å². The number of rotatable bonds is 2. The van der Waals surface area contributed by atoms with Crippen LogP contribution >= 0.6 is 0 Å². The van der Waals surface area contributed by atoms with Crippen molar-refractivity contribution in [3.05, 3.63) is 0 Å². The Kier molecular flexibility index (Phi) is 3.95. The van der Waals surface area contributed by atoms with Gasteiger partial charge in [0.1, 0.15) is 5.60 Å². The Labute approximate surface area is 125 Å². The lowest BCUT2D eigenvalue weighted by atomic mass is 9.63. The zero-order chi connectivity index (χ0) is 15.9. The van der Waals surface area contributed by atoms with E-state index in [0.717, 1.165) is 12.8 Å². The predicted octanol–water partition coefficient (Wildman–Crippen LogP) is 1.97. The van der Waals surface area contributed by atoms with Gasteiger partial charge in [0.2, 0.25) is 0 Å². The third-order valence-electron chi connectivity index (χ3n) is 4.51. The molecule has 1 spiro atoms. The van der Waals surface area contributed by atoms with Crippen molar-refractivity contribution in [3.8, 4) is 0 Å². The van der Waals surface area contributed by atoms with Gasteiger partial charge in [-0.25, -0.2) is 4.79 Å². The molecule has 0 unspecified atom stereocenters. The first-order chi connectivity index (χ1) is 9.53. The number of nitrogens with two attached hydrogens (primary N) is 1. The first-order valence-electron chi connectivity index (χ1n) is 7.51. The van der Waals surface area contributed by atoms with Gasteiger partial charge in [-0.05, 0) is 46.5 Å². The van der Waals surface area contributed by atoms with E-state index >= 15 is 0 Å². The molecule has 1 saturated heterocycles. The van der Waals surface area contributed by atoms with Gasteiger partial charge in [-0.15, -0.1) is 0 Å². The predicted molar refractivity (Wildman–Crippen MR) is 77.9 cm³/mol. The number of hydrogen-bond donors (Lipinski definition) is 2. The Morgan fingerprint density at radius 1 is 1.19 bits per heavy atom. The normalized spacial score (nSPS) is 23.5. The number of carboxylic acid groups (broad SMARTS) is 1. The largest absolute Gasteiger partial charge is 0.481 e. The Morgan fingerprint density at radius 2 is 1.71 bits per heavy atom. The number of hydrogen-bond acceptors (Lipinski definition) is 4. The van der Waals surface area contributed by atoms with Crippen LogP contribution in [0.15, 0.2) is 0 Å². The van der Waals surface area contributed by atoms with Gasteiger partial charge in [-0.3, -0.25) is 4.79 Å². The Morgan fingerprint density at radius 3 is 2.14 bits per heavy atom. The maximum atomic E-state index is 11.9. The molecule has 6 nitrogen and oxygen atoms in total. The molecule has 1 aliphatic carbocycles. The van der Waals surface area contributed by atoms with E-state index in [1.807, 2.05) is 20.8 Å². The fourth-order valence-corrected chi connectivity index (χ4v) is 3.29. The van der Waals surface area contributed by atoms with E-state index in [4.69, 9.17) is 15.6 Å². The van der Waals surface area contributed by atoms with Crippen molar-refractivity contribution >= 4 is 12.1 Å². The molecule has 1 saturated carbocycles. The van der Waals surface area contributed by atoms with Gasteiger partial charge in [0.05, 0.1) is 6.42 Å². The Hall–Kier alpha value is -1.30. The summed E-state index contributed by atoms with van der Waals surface area (Å²) in [4.78, 5) is 24.5. The van der Waals surface area contributed by atoms with E-state index in [-0.39, 0.29) is 17.9 Å². The fraction of sp³-hybridized carbons (Fsp3) is 0.867. The number of carbonyl (C=O) groups excluding carboxylic acids is 1. The van der Waals surface area contributed by atoms with Gasteiger partial charge in [0.25, 0.3) is 0 Å². The van der Waals surface area contributed by atoms with E-state index in [1.54, 1.807) is 4.90 Å². The van der Waals surface area contributed by atoms with Gasteiger partial charge < -0.3 is 20.5 Å². The van der Waals surface area contributed by atoms with Crippen LogP contribution in [0.2, 0.25) is 0 Å². The molecular weight excluding hydrogens is 272 g/mol. The minimum atomic E-state index is -0.836. The van der Waals surface area contributed by atoms with Crippen molar-refractivity contribution in [2.24, 2.45) is 11.1 Å². The van der Waals surface area contributed by atoms with E-state index in [0.29, 0.717) is 25.9 Å². The molecule has 0 bridgehead atoms. The number of amides is 1. The molecule has 21 heavy (non-hydrogen) atoms. The Balaban J connectivity index is 1.82. The fourth-order valence-electron chi connectivity index (χ4n) is 3.29. The highest BCUT2D eigenvalue weighted by Crippen LogP contribution is 2.47. The summed E-state index contributed by atoms with van der Waals surface area (Å²) in [5.41, 5.74) is 5.22. The molecule has 2 aliphatic rings. The second-order valence-electron chi connectivity index (χ2n) is 7.77. The van der Waals surface area contributed by atoms with Crippen LogP contribution in [0.4, 0.5) is 4.79 Å². The van der Waals surface area contributed by atoms with Crippen molar-refractivity contribution in [1.29, 1.82) is 0 Å². The van der Waals surface area contributed by atoms with Crippen molar-refractivity contribution in [3.63, 3.8) is 0 Å². The summed E-state index contributed by atoms with van der Waals surface area (Å²) in [5, 5.41) is 8.91. The molecule has 1 amide bonds. The van der Waals surface area contributed by atoms with Crippen LogP contribution in [0, 0.1) is 5.41 Å². The minimum Gasteiger partial charge on any atom is -0.481 e. The highest BCUT2D eigenvalue weighted by molar-refractivity contribution is 5.70. The minimum absolute atomic E-state index is 0.0266. The SMILES string of the molecule is CC(C)(C)OC(=O)N1CC2(CCC(N)(CC(=O)O)CC2)C1. The molecule has 0 aromatic heterocycles. The number of carboxylic acids is 1. The van der Waals surface area contributed by atoms with Crippen LogP contribution in [0.3, 0.4) is 0 Å². The van der Waals surface area contributed by atoms with Crippen LogP contribution in [0.25, 0.3) is 0 Å². The molecule has 1 aliphatic heterocycles. The second kappa shape index (κ2) is 5.16. The smallest absolute Gasteiger partial charge is 0.410 e. The zero-order valence-electron chi connectivity index (χ0n) is 13.1. The lowest BCUT2D eigenvalue weighted by Gasteiger charge is -2.54. The van der Waals surface area contributed by atoms with Gasteiger partial charge in [-0.2, -0.15) is 0 Å². The molecule has 6 heteroatoms. The molecule has 3 N–H and O–H groups in total. The average molecular weight is 298 g/mol. The number of carbonyl (C=O) groups is 2. The standard InChI is InChI=1S/C15H26N2O4/c1-13(2,3)21-12(20)17-9-14(10-17)4-6-15(16,7-5-14)8-11(18)19/h4-10,16H2,1-3H3,(H,18,19). The van der Waals surface area contributed by atoms with Gasteiger partial charge in [0.15, 0.2) is 0 Å². The maximum Gasteiger partial charge on any atom is 0.410 e. The van der Waals surface area contributed by atoms with E-state index < -0.39 is 17.1 Å². The molecule has 1 heterocycles. The van der Waals surface area contributed by atoms with Crippen molar-refractivity contribution < 1.29 is 19.4 Å². The summed E-state index contributed by atoms with van der Waals surface area (Å²) in [6, 6.07) is 0. The summed E-state index contributed by atoms with van der Waals surface area (Å²) in [6.07, 6.45) is 2.96. The quantitative estimate of drug-likeness (QED) is 0.813. The number of likely N-dealkylation sites (tertiary alicyclic amines) is 1.